The first-order valence-electron chi connectivity index (χ1n) is 7.39. The van der Waals surface area contributed by atoms with E-state index in [4.69, 9.17) is 5.73 Å². The van der Waals surface area contributed by atoms with Crippen molar-refractivity contribution in [1.82, 2.24) is 10.2 Å². The molecule has 4 N–H and O–H groups in total. The van der Waals surface area contributed by atoms with Gasteiger partial charge in [0.1, 0.15) is 5.82 Å². The Balaban J connectivity index is 1.74. The summed E-state index contributed by atoms with van der Waals surface area (Å²) in [5.41, 5.74) is 5.91. The number of carbonyl (C=O) groups is 2. The Hall–Kier alpha value is -2.15. The molecule has 1 aromatic rings. The minimum Gasteiger partial charge on any atom is -0.343 e. The molecule has 1 heterocycles. The van der Waals surface area contributed by atoms with Gasteiger partial charge in [0.25, 0.3) is 0 Å². The first-order chi connectivity index (χ1) is 10.6. The van der Waals surface area contributed by atoms with Gasteiger partial charge in [0.15, 0.2) is 0 Å². The largest absolute Gasteiger partial charge is 0.343 e. The number of piperidine rings is 1. The summed E-state index contributed by atoms with van der Waals surface area (Å²) in [6.07, 6.45) is 1.80. The Morgan fingerprint density at radius 2 is 1.86 bits per heavy atom. The highest BCUT2D eigenvalue weighted by Gasteiger charge is 2.23. The third-order valence-corrected chi connectivity index (χ3v) is 3.64. The Kier molecular flexibility index (Phi) is 5.71. The van der Waals surface area contributed by atoms with E-state index in [2.05, 4.69) is 10.6 Å². The summed E-state index contributed by atoms with van der Waals surface area (Å²) in [5, 5.41) is 5.52. The van der Waals surface area contributed by atoms with Crippen LogP contribution in [0.3, 0.4) is 0 Å². The Morgan fingerprint density at radius 1 is 1.23 bits per heavy atom. The molecule has 22 heavy (non-hydrogen) atoms. The fourth-order valence-electron chi connectivity index (χ4n) is 2.44. The van der Waals surface area contributed by atoms with Crippen LogP contribution < -0.4 is 16.4 Å². The Labute approximate surface area is 128 Å². The van der Waals surface area contributed by atoms with E-state index >= 15 is 0 Å². The van der Waals surface area contributed by atoms with Crippen LogP contribution in [0.15, 0.2) is 24.3 Å². The SMILES string of the molecule is NCCC(=O)N1CCC(NC(=O)Nc2ccc(F)cc2)CC1. The summed E-state index contributed by atoms with van der Waals surface area (Å²) in [5.74, 6) is -0.280. The van der Waals surface area contributed by atoms with Gasteiger partial charge in [-0.15, -0.1) is 0 Å². The lowest BCUT2D eigenvalue weighted by Crippen LogP contribution is -2.47. The number of benzene rings is 1. The second kappa shape index (κ2) is 7.74. The summed E-state index contributed by atoms with van der Waals surface area (Å²) >= 11 is 0. The number of nitrogens with two attached hydrogens (primary N) is 1. The van der Waals surface area contributed by atoms with Crippen LogP contribution in [0.1, 0.15) is 19.3 Å². The number of nitrogens with one attached hydrogen (secondary N) is 2. The molecule has 0 atom stereocenters. The van der Waals surface area contributed by atoms with E-state index in [9.17, 15) is 14.0 Å². The van der Waals surface area contributed by atoms with Crippen LogP contribution in [0.4, 0.5) is 14.9 Å². The van der Waals surface area contributed by atoms with Crippen molar-refractivity contribution in [1.29, 1.82) is 0 Å². The molecule has 0 unspecified atom stereocenters. The molecule has 0 spiro atoms. The van der Waals surface area contributed by atoms with Gasteiger partial charge >= 0.3 is 6.03 Å². The quantitative estimate of drug-likeness (QED) is 0.783. The molecular weight excluding hydrogens is 287 g/mol. The van der Waals surface area contributed by atoms with Gasteiger partial charge in [-0.2, -0.15) is 0 Å². The number of likely N-dealkylation sites (tertiary alicyclic amines) is 1. The highest BCUT2D eigenvalue weighted by molar-refractivity contribution is 5.89. The van der Waals surface area contributed by atoms with Crippen molar-refractivity contribution < 1.29 is 14.0 Å². The third-order valence-electron chi connectivity index (χ3n) is 3.64. The predicted octanol–water partition coefficient (Wildman–Crippen LogP) is 1.29. The van der Waals surface area contributed by atoms with Gasteiger partial charge in [-0.05, 0) is 37.1 Å². The summed E-state index contributed by atoms with van der Waals surface area (Å²) in [4.78, 5) is 25.4. The van der Waals surface area contributed by atoms with E-state index in [1.54, 1.807) is 4.90 Å². The van der Waals surface area contributed by atoms with Crippen LogP contribution in [0.25, 0.3) is 0 Å². The van der Waals surface area contributed by atoms with Crippen LogP contribution in [-0.4, -0.2) is 42.5 Å². The zero-order valence-corrected chi connectivity index (χ0v) is 12.3. The predicted molar refractivity (Wildman–Crippen MR) is 81.8 cm³/mol. The number of rotatable bonds is 4. The average Bonchev–Trinajstić information content (AvgIpc) is 2.50. The van der Waals surface area contributed by atoms with E-state index < -0.39 is 0 Å². The second-order valence-corrected chi connectivity index (χ2v) is 5.30. The number of carbonyl (C=O) groups excluding carboxylic acids is 2. The second-order valence-electron chi connectivity index (χ2n) is 5.30. The summed E-state index contributed by atoms with van der Waals surface area (Å²) in [7, 11) is 0. The van der Waals surface area contributed by atoms with Gasteiger partial charge in [0.2, 0.25) is 5.91 Å². The molecule has 0 aliphatic carbocycles. The highest BCUT2D eigenvalue weighted by Crippen LogP contribution is 2.12. The maximum atomic E-state index is 12.8. The maximum Gasteiger partial charge on any atom is 0.319 e. The number of hydrogen-bond donors (Lipinski definition) is 3. The first-order valence-corrected chi connectivity index (χ1v) is 7.39. The average molecular weight is 308 g/mol. The summed E-state index contributed by atoms with van der Waals surface area (Å²) < 4.78 is 12.8. The lowest BCUT2D eigenvalue weighted by molar-refractivity contribution is -0.132. The first kappa shape index (κ1) is 16.2. The standard InChI is InChI=1S/C15H21FN4O2/c16-11-1-3-12(4-2-11)18-15(22)19-13-6-9-20(10-7-13)14(21)5-8-17/h1-4,13H,5-10,17H2,(H2,18,19,22). The number of anilines is 1. The van der Waals surface area contributed by atoms with E-state index in [0.29, 0.717) is 44.6 Å². The van der Waals surface area contributed by atoms with Crippen molar-refractivity contribution in [3.05, 3.63) is 30.1 Å². The molecule has 3 amide bonds. The molecule has 1 aromatic carbocycles. The zero-order chi connectivity index (χ0) is 15.9. The van der Waals surface area contributed by atoms with E-state index in [1.807, 2.05) is 0 Å². The van der Waals surface area contributed by atoms with Gasteiger partial charge in [0, 0.05) is 37.8 Å². The number of urea groups is 1. The van der Waals surface area contributed by atoms with Crippen LogP contribution in [0, 0.1) is 5.82 Å². The van der Waals surface area contributed by atoms with Crippen molar-refractivity contribution in [3.63, 3.8) is 0 Å². The molecule has 1 fully saturated rings. The number of hydrogen-bond acceptors (Lipinski definition) is 3. The van der Waals surface area contributed by atoms with Crippen LogP contribution >= 0.6 is 0 Å². The van der Waals surface area contributed by atoms with Gasteiger partial charge in [0.05, 0.1) is 0 Å². The molecule has 120 valence electrons. The molecule has 0 saturated carbocycles. The highest BCUT2D eigenvalue weighted by atomic mass is 19.1. The Bertz CT molecular complexity index is 513. The molecule has 1 saturated heterocycles. The number of halogens is 1. The van der Waals surface area contributed by atoms with Gasteiger partial charge in [-0.3, -0.25) is 4.79 Å². The fraction of sp³-hybridized carbons (Fsp3) is 0.467. The lowest BCUT2D eigenvalue weighted by atomic mass is 10.0. The zero-order valence-electron chi connectivity index (χ0n) is 12.3. The minimum absolute atomic E-state index is 0.0300. The smallest absolute Gasteiger partial charge is 0.319 e. The van der Waals surface area contributed by atoms with Crippen molar-refractivity contribution in [2.75, 3.05) is 25.0 Å². The molecular formula is C15H21FN4O2. The molecule has 2 rings (SSSR count). The Morgan fingerprint density at radius 3 is 2.45 bits per heavy atom. The van der Waals surface area contributed by atoms with E-state index in [-0.39, 0.29) is 23.8 Å². The monoisotopic (exact) mass is 308 g/mol. The molecule has 1 aliphatic heterocycles. The number of nitrogens with zero attached hydrogens (tertiary/aromatic N) is 1. The van der Waals surface area contributed by atoms with Crippen molar-refractivity contribution in [3.8, 4) is 0 Å². The molecule has 0 bridgehead atoms. The van der Waals surface area contributed by atoms with Gasteiger partial charge < -0.3 is 21.3 Å². The van der Waals surface area contributed by atoms with Gasteiger partial charge in [-0.25, -0.2) is 9.18 Å². The fourth-order valence-corrected chi connectivity index (χ4v) is 2.44. The lowest BCUT2D eigenvalue weighted by Gasteiger charge is -2.32. The van der Waals surface area contributed by atoms with Crippen LogP contribution in [0.5, 0.6) is 0 Å². The molecule has 1 aliphatic rings. The topological polar surface area (TPSA) is 87.5 Å². The van der Waals surface area contributed by atoms with Crippen molar-refractivity contribution >= 4 is 17.6 Å². The molecule has 6 nitrogen and oxygen atoms in total. The molecule has 7 heteroatoms. The van der Waals surface area contributed by atoms with Gasteiger partial charge in [-0.1, -0.05) is 0 Å². The maximum absolute atomic E-state index is 12.8. The summed E-state index contributed by atoms with van der Waals surface area (Å²) in [6.45, 7) is 1.61. The normalized spacial score (nSPS) is 15.5. The number of amides is 3. The minimum atomic E-state index is -0.347. The molecule has 0 aromatic heterocycles. The molecule has 0 radical (unpaired) electrons. The van der Waals surface area contributed by atoms with E-state index in [1.165, 1.54) is 24.3 Å². The van der Waals surface area contributed by atoms with Crippen molar-refractivity contribution in [2.45, 2.75) is 25.3 Å². The summed E-state index contributed by atoms with van der Waals surface area (Å²) in [6, 6.07) is 5.29. The van der Waals surface area contributed by atoms with Crippen LogP contribution in [-0.2, 0) is 4.79 Å². The van der Waals surface area contributed by atoms with Crippen LogP contribution in [0.2, 0.25) is 0 Å². The van der Waals surface area contributed by atoms with E-state index in [0.717, 1.165) is 0 Å². The third kappa shape index (κ3) is 4.70. The van der Waals surface area contributed by atoms with Crippen molar-refractivity contribution in [2.24, 2.45) is 5.73 Å².